The summed E-state index contributed by atoms with van der Waals surface area (Å²) in [5, 5.41) is 0. The Kier molecular flexibility index (Phi) is 18.6. The van der Waals surface area contributed by atoms with Crippen molar-refractivity contribution in [1.29, 1.82) is 0 Å². The van der Waals surface area contributed by atoms with Gasteiger partial charge in [-0.1, -0.05) is 39.0 Å². The zero-order valence-corrected chi connectivity index (χ0v) is 11.9. The molecule has 0 saturated carbocycles. The molecule has 0 unspecified atom stereocenters. The second-order valence-electron chi connectivity index (χ2n) is 2.27. The minimum Gasteiger partial charge on any atom is -0.343 e. The standard InChI is InChI=1S/C8H17.Rb/c1-3-5-7-8-6-4-2;/h1,3-8H2,2H3;/q-1;+1. The van der Waals surface area contributed by atoms with Gasteiger partial charge in [0.15, 0.2) is 0 Å². The van der Waals surface area contributed by atoms with E-state index >= 15 is 0 Å². The van der Waals surface area contributed by atoms with Crippen LogP contribution >= 0.6 is 0 Å². The van der Waals surface area contributed by atoms with Gasteiger partial charge >= 0.3 is 58.2 Å². The van der Waals surface area contributed by atoms with Crippen LogP contribution in [0.15, 0.2) is 0 Å². The molecule has 0 aliphatic carbocycles. The van der Waals surface area contributed by atoms with Gasteiger partial charge in [0.05, 0.1) is 0 Å². The average Bonchev–Trinajstić information content (AvgIpc) is 1.81. The Bertz CT molecular complexity index is 29.5. The maximum atomic E-state index is 3.78. The minimum atomic E-state index is 0. The van der Waals surface area contributed by atoms with Crippen LogP contribution in [0, 0.1) is 6.92 Å². The molecule has 0 radical (unpaired) electrons. The summed E-state index contributed by atoms with van der Waals surface area (Å²) in [5.41, 5.74) is 0. The number of rotatable bonds is 5. The summed E-state index contributed by atoms with van der Waals surface area (Å²) in [6.07, 6.45) is 7.98. The molecule has 0 rings (SSSR count). The fourth-order valence-electron chi connectivity index (χ4n) is 0.780. The Labute approximate surface area is 109 Å². The number of unbranched alkanes of at least 4 members (excludes halogenated alkanes) is 5. The molecule has 0 nitrogen and oxygen atoms in total. The van der Waals surface area contributed by atoms with E-state index in [0.29, 0.717) is 0 Å². The molecule has 50 valence electrons. The predicted molar refractivity (Wildman–Crippen MR) is 38.7 cm³/mol. The minimum absolute atomic E-state index is 0. The zero-order valence-electron chi connectivity index (χ0n) is 6.95. The smallest absolute Gasteiger partial charge is 0.343 e. The number of hydrogen-bond donors (Lipinski definition) is 0. The van der Waals surface area contributed by atoms with Crippen LogP contribution in [0.3, 0.4) is 0 Å². The quantitative estimate of drug-likeness (QED) is 0.437. The molecular formula is C8H17Rb. The first kappa shape index (κ1) is 13.4. The molecule has 0 amide bonds. The normalized spacial score (nSPS) is 8.67. The van der Waals surface area contributed by atoms with Gasteiger partial charge in [0.25, 0.3) is 0 Å². The molecule has 0 saturated heterocycles. The Morgan fingerprint density at radius 2 is 1.56 bits per heavy atom. The summed E-state index contributed by atoms with van der Waals surface area (Å²) in [6.45, 7) is 6.02. The molecule has 0 aromatic rings. The molecule has 0 aliphatic heterocycles. The maximum absolute atomic E-state index is 3.78. The molecule has 0 N–H and O–H groups in total. The molecule has 0 fully saturated rings. The van der Waals surface area contributed by atoms with Crippen molar-refractivity contribution < 1.29 is 58.2 Å². The molecule has 0 atom stereocenters. The third kappa shape index (κ3) is 12.9. The SMILES string of the molecule is [CH2-]CCCCCCC.[Rb+]. The summed E-state index contributed by atoms with van der Waals surface area (Å²) in [5.74, 6) is 0. The third-order valence-corrected chi connectivity index (χ3v) is 1.35. The fraction of sp³-hybridized carbons (Fsp3) is 0.875. The van der Waals surface area contributed by atoms with Gasteiger partial charge in [-0.2, -0.15) is 6.42 Å². The second-order valence-corrected chi connectivity index (χ2v) is 2.27. The molecule has 1 heteroatoms. The van der Waals surface area contributed by atoms with E-state index in [9.17, 15) is 0 Å². The first-order chi connectivity index (χ1) is 3.91. The van der Waals surface area contributed by atoms with Crippen LogP contribution in [0.2, 0.25) is 0 Å². The molecule has 0 aromatic carbocycles. The monoisotopic (exact) mass is 198 g/mol. The van der Waals surface area contributed by atoms with Gasteiger partial charge in [-0.05, 0) is 0 Å². The Morgan fingerprint density at radius 3 is 2.00 bits per heavy atom. The van der Waals surface area contributed by atoms with Gasteiger partial charge in [-0.3, -0.25) is 0 Å². The van der Waals surface area contributed by atoms with Gasteiger partial charge in [0, 0.05) is 0 Å². The van der Waals surface area contributed by atoms with Gasteiger partial charge in [0.2, 0.25) is 0 Å². The Balaban J connectivity index is 0. The summed E-state index contributed by atoms with van der Waals surface area (Å²) in [4.78, 5) is 0. The van der Waals surface area contributed by atoms with E-state index in [1.807, 2.05) is 0 Å². The molecule has 9 heavy (non-hydrogen) atoms. The van der Waals surface area contributed by atoms with Crippen molar-refractivity contribution in [1.82, 2.24) is 0 Å². The third-order valence-electron chi connectivity index (χ3n) is 1.35. The van der Waals surface area contributed by atoms with Gasteiger partial charge in [0.1, 0.15) is 0 Å². The Morgan fingerprint density at radius 1 is 1.00 bits per heavy atom. The summed E-state index contributed by atoms with van der Waals surface area (Å²) < 4.78 is 0. The van der Waals surface area contributed by atoms with E-state index in [-0.39, 0.29) is 58.2 Å². The van der Waals surface area contributed by atoms with E-state index in [2.05, 4.69) is 13.8 Å². The predicted octanol–water partition coefficient (Wildman–Crippen LogP) is 0.185. The maximum Gasteiger partial charge on any atom is 1.00 e. The first-order valence-corrected chi connectivity index (χ1v) is 3.71. The second kappa shape index (κ2) is 12.5. The molecular weight excluding hydrogens is 182 g/mol. The van der Waals surface area contributed by atoms with E-state index in [0.717, 1.165) is 6.42 Å². The zero-order chi connectivity index (χ0) is 6.24. The van der Waals surface area contributed by atoms with E-state index in [4.69, 9.17) is 0 Å². The van der Waals surface area contributed by atoms with Crippen LogP contribution in [0.25, 0.3) is 0 Å². The van der Waals surface area contributed by atoms with Crippen LogP contribution in [0.5, 0.6) is 0 Å². The van der Waals surface area contributed by atoms with E-state index in [1.165, 1.54) is 32.1 Å². The summed E-state index contributed by atoms with van der Waals surface area (Å²) >= 11 is 0. The van der Waals surface area contributed by atoms with Crippen molar-refractivity contribution in [3.63, 3.8) is 0 Å². The van der Waals surface area contributed by atoms with Crippen LogP contribution < -0.4 is 58.2 Å². The van der Waals surface area contributed by atoms with E-state index < -0.39 is 0 Å². The van der Waals surface area contributed by atoms with Crippen molar-refractivity contribution >= 4 is 0 Å². The van der Waals surface area contributed by atoms with Crippen LogP contribution in [-0.4, -0.2) is 0 Å². The van der Waals surface area contributed by atoms with Gasteiger partial charge in [-0.25, -0.2) is 0 Å². The molecule has 0 aliphatic rings. The summed E-state index contributed by atoms with van der Waals surface area (Å²) in [7, 11) is 0. The van der Waals surface area contributed by atoms with Crippen molar-refractivity contribution in [3.05, 3.63) is 6.92 Å². The number of hydrogen-bond acceptors (Lipinski definition) is 0. The Hall–Kier alpha value is 1.81. The fourth-order valence-corrected chi connectivity index (χ4v) is 0.780. The molecule has 0 heterocycles. The van der Waals surface area contributed by atoms with Crippen LogP contribution in [0.4, 0.5) is 0 Å². The van der Waals surface area contributed by atoms with Gasteiger partial charge in [-0.15, -0.1) is 0 Å². The van der Waals surface area contributed by atoms with Crippen molar-refractivity contribution in [2.75, 3.05) is 0 Å². The first-order valence-electron chi connectivity index (χ1n) is 3.71. The van der Waals surface area contributed by atoms with Crippen molar-refractivity contribution in [3.8, 4) is 0 Å². The van der Waals surface area contributed by atoms with E-state index in [1.54, 1.807) is 0 Å². The van der Waals surface area contributed by atoms with Crippen LogP contribution in [0.1, 0.15) is 45.4 Å². The topological polar surface area (TPSA) is 0 Å². The molecule has 0 bridgehead atoms. The van der Waals surface area contributed by atoms with Crippen molar-refractivity contribution in [2.45, 2.75) is 45.4 Å². The summed E-state index contributed by atoms with van der Waals surface area (Å²) in [6, 6.07) is 0. The average molecular weight is 199 g/mol. The molecule has 0 aromatic heterocycles. The van der Waals surface area contributed by atoms with Crippen molar-refractivity contribution in [2.24, 2.45) is 0 Å². The van der Waals surface area contributed by atoms with Gasteiger partial charge < -0.3 is 6.92 Å². The van der Waals surface area contributed by atoms with Crippen LogP contribution in [-0.2, 0) is 0 Å². The molecule has 0 spiro atoms. The largest absolute Gasteiger partial charge is 1.00 e.